The lowest BCUT2D eigenvalue weighted by Gasteiger charge is -2.07. The van der Waals surface area contributed by atoms with E-state index in [1.807, 2.05) is 60.7 Å². The number of carbonyl (C=O) groups excluding carboxylic acids is 1. The van der Waals surface area contributed by atoms with Gasteiger partial charge in [-0.2, -0.15) is 10.4 Å². The van der Waals surface area contributed by atoms with Crippen molar-refractivity contribution in [1.29, 1.82) is 5.26 Å². The third-order valence-corrected chi connectivity index (χ3v) is 5.32. The zero-order valence-corrected chi connectivity index (χ0v) is 18.0. The molecule has 3 aromatic carbocycles. The van der Waals surface area contributed by atoms with Crippen molar-refractivity contribution in [1.82, 2.24) is 15.4 Å². The number of nitrogens with one attached hydrogen (secondary N) is 2. The van der Waals surface area contributed by atoms with E-state index in [1.165, 1.54) is 0 Å². The second kappa shape index (κ2) is 9.27. The number of aromatic amines is 1. The van der Waals surface area contributed by atoms with Crippen LogP contribution in [0, 0.1) is 11.3 Å². The van der Waals surface area contributed by atoms with Crippen LogP contribution in [0.1, 0.15) is 27.2 Å². The minimum atomic E-state index is -0.395. The molecule has 0 saturated carbocycles. The van der Waals surface area contributed by atoms with Crippen LogP contribution in [-0.2, 0) is 6.61 Å². The summed E-state index contributed by atoms with van der Waals surface area (Å²) in [6, 6.07) is 26.4. The number of pyridine rings is 1. The van der Waals surface area contributed by atoms with E-state index in [0.717, 1.165) is 32.9 Å². The Labute approximate surface area is 195 Å². The Morgan fingerprint density at radius 1 is 1.03 bits per heavy atom. The Morgan fingerprint density at radius 2 is 1.91 bits per heavy atom. The molecule has 0 bridgehead atoms. The number of aromatic nitrogens is 2. The number of benzene rings is 3. The van der Waals surface area contributed by atoms with Crippen LogP contribution < -0.4 is 10.2 Å². The highest BCUT2D eigenvalue weighted by molar-refractivity contribution is 6.09. The third kappa shape index (κ3) is 4.47. The molecule has 1 amide bonds. The smallest absolute Gasteiger partial charge is 0.289 e. The molecule has 0 aliphatic carbocycles. The van der Waals surface area contributed by atoms with Gasteiger partial charge in [0.25, 0.3) is 5.91 Å². The Bertz CT molecular complexity index is 1580. The molecule has 0 spiro atoms. The molecular weight excluding hydrogens is 426 g/mol. The van der Waals surface area contributed by atoms with Gasteiger partial charge < -0.3 is 9.72 Å². The minimum Gasteiger partial charge on any atom is -0.489 e. The summed E-state index contributed by atoms with van der Waals surface area (Å²) in [6.45, 7) is 0.342. The molecule has 0 aliphatic rings. The summed E-state index contributed by atoms with van der Waals surface area (Å²) in [5.41, 5.74) is 6.95. The zero-order chi connectivity index (χ0) is 23.3. The predicted octanol–water partition coefficient (Wildman–Crippen LogP) is 4.93. The van der Waals surface area contributed by atoms with Gasteiger partial charge in [-0.3, -0.25) is 4.79 Å². The van der Waals surface area contributed by atoms with Crippen LogP contribution in [-0.4, -0.2) is 22.1 Å². The molecule has 0 aliphatic heterocycles. The first kappa shape index (κ1) is 20.9. The molecule has 5 aromatic rings. The Morgan fingerprint density at radius 3 is 2.82 bits per heavy atom. The molecule has 0 radical (unpaired) electrons. The number of para-hydroxylation sites is 1. The summed E-state index contributed by atoms with van der Waals surface area (Å²) in [4.78, 5) is 20.1. The fraction of sp³-hybridized carbons (Fsp3) is 0.0370. The van der Waals surface area contributed by atoms with Gasteiger partial charge in [-0.1, -0.05) is 42.5 Å². The third-order valence-electron chi connectivity index (χ3n) is 5.32. The first-order valence-corrected chi connectivity index (χ1v) is 10.6. The van der Waals surface area contributed by atoms with Crippen LogP contribution in [0.3, 0.4) is 0 Å². The molecule has 5 rings (SSSR count). The number of fused-ring (bicyclic) bond motifs is 3. The highest BCUT2D eigenvalue weighted by Crippen LogP contribution is 2.25. The standard InChI is InChI=1S/C27H19N5O2/c28-14-18-5-3-7-20(11-18)17-34-21-8-4-6-19(12-21)15-30-32-27(33)25-13-23-22-9-1-2-10-24(22)31-26(23)16-29-25/h1-13,15-16,31H,17H2,(H,32,33)/b30-15+. The predicted molar refractivity (Wildman–Crippen MR) is 131 cm³/mol. The lowest BCUT2D eigenvalue weighted by molar-refractivity contribution is 0.0950. The summed E-state index contributed by atoms with van der Waals surface area (Å²) in [6.07, 6.45) is 3.20. The molecule has 2 heterocycles. The van der Waals surface area contributed by atoms with Crippen molar-refractivity contribution in [3.05, 3.63) is 107 Å². The van der Waals surface area contributed by atoms with Crippen LogP contribution in [0.2, 0.25) is 0 Å². The highest BCUT2D eigenvalue weighted by Gasteiger charge is 2.10. The van der Waals surface area contributed by atoms with Crippen molar-refractivity contribution >= 4 is 33.9 Å². The van der Waals surface area contributed by atoms with Crippen molar-refractivity contribution in [2.75, 3.05) is 0 Å². The fourth-order valence-electron chi connectivity index (χ4n) is 3.68. The second-order valence-electron chi connectivity index (χ2n) is 7.66. The van der Waals surface area contributed by atoms with Crippen molar-refractivity contribution < 1.29 is 9.53 Å². The van der Waals surface area contributed by atoms with Crippen LogP contribution >= 0.6 is 0 Å². The minimum absolute atomic E-state index is 0.283. The number of hydrazone groups is 1. The zero-order valence-electron chi connectivity index (χ0n) is 18.0. The molecule has 2 N–H and O–H groups in total. The van der Waals surface area contributed by atoms with E-state index in [0.29, 0.717) is 17.9 Å². The molecule has 7 heteroatoms. The van der Waals surface area contributed by atoms with Gasteiger partial charge in [0.15, 0.2) is 0 Å². The Hall–Kier alpha value is -4.96. The molecule has 34 heavy (non-hydrogen) atoms. The first-order chi connectivity index (χ1) is 16.7. The van der Waals surface area contributed by atoms with Crippen LogP contribution in [0.15, 0.2) is 90.2 Å². The van der Waals surface area contributed by atoms with E-state index in [-0.39, 0.29) is 5.69 Å². The Kier molecular flexibility index (Phi) is 5.70. The highest BCUT2D eigenvalue weighted by atomic mass is 16.5. The molecule has 2 aromatic heterocycles. The van der Waals surface area contributed by atoms with Gasteiger partial charge in [0.05, 0.1) is 29.6 Å². The fourth-order valence-corrected chi connectivity index (χ4v) is 3.68. The monoisotopic (exact) mass is 445 g/mol. The number of hydrogen-bond donors (Lipinski definition) is 2. The van der Waals surface area contributed by atoms with Gasteiger partial charge in [-0.25, -0.2) is 10.4 Å². The summed E-state index contributed by atoms with van der Waals surface area (Å²) >= 11 is 0. The van der Waals surface area contributed by atoms with Gasteiger partial charge in [-0.15, -0.1) is 0 Å². The van der Waals surface area contributed by atoms with Crippen molar-refractivity contribution in [3.63, 3.8) is 0 Å². The second-order valence-corrected chi connectivity index (χ2v) is 7.66. The van der Waals surface area contributed by atoms with E-state index >= 15 is 0 Å². The maximum Gasteiger partial charge on any atom is 0.289 e. The summed E-state index contributed by atoms with van der Waals surface area (Å²) in [7, 11) is 0. The number of H-pyrrole nitrogens is 1. The van der Waals surface area contributed by atoms with Gasteiger partial charge in [-0.05, 0) is 47.5 Å². The first-order valence-electron chi connectivity index (χ1n) is 10.6. The molecule has 0 fully saturated rings. The number of carbonyl (C=O) groups is 1. The number of ether oxygens (including phenoxy) is 1. The van der Waals surface area contributed by atoms with E-state index in [2.05, 4.69) is 26.6 Å². The molecule has 0 unspecified atom stereocenters. The lowest BCUT2D eigenvalue weighted by Crippen LogP contribution is -2.18. The molecule has 7 nitrogen and oxygen atoms in total. The van der Waals surface area contributed by atoms with Crippen molar-refractivity contribution in [2.45, 2.75) is 6.61 Å². The van der Waals surface area contributed by atoms with Gasteiger partial charge in [0, 0.05) is 16.3 Å². The summed E-state index contributed by atoms with van der Waals surface area (Å²) < 4.78 is 5.83. The average molecular weight is 445 g/mol. The largest absolute Gasteiger partial charge is 0.489 e. The molecular formula is C27H19N5O2. The summed E-state index contributed by atoms with van der Waals surface area (Å²) in [5.74, 6) is 0.261. The number of nitrogens with zero attached hydrogens (tertiary/aromatic N) is 3. The van der Waals surface area contributed by atoms with E-state index in [1.54, 1.807) is 30.6 Å². The van der Waals surface area contributed by atoms with Crippen molar-refractivity contribution in [3.8, 4) is 11.8 Å². The number of hydrogen-bond acceptors (Lipinski definition) is 5. The number of rotatable bonds is 6. The quantitative estimate of drug-likeness (QED) is 0.286. The van der Waals surface area contributed by atoms with Crippen LogP contribution in [0.5, 0.6) is 5.75 Å². The number of nitriles is 1. The van der Waals surface area contributed by atoms with Crippen LogP contribution in [0.4, 0.5) is 0 Å². The molecule has 0 saturated heterocycles. The maximum absolute atomic E-state index is 12.6. The lowest BCUT2D eigenvalue weighted by atomic mass is 10.1. The van der Waals surface area contributed by atoms with Gasteiger partial charge in [0.2, 0.25) is 0 Å². The van der Waals surface area contributed by atoms with Gasteiger partial charge >= 0.3 is 0 Å². The topological polar surface area (TPSA) is 103 Å². The summed E-state index contributed by atoms with van der Waals surface area (Å²) in [5, 5.41) is 15.1. The normalized spacial score (nSPS) is 11.0. The molecule has 0 atom stereocenters. The van der Waals surface area contributed by atoms with E-state index in [9.17, 15) is 4.79 Å². The Balaban J connectivity index is 1.24. The average Bonchev–Trinajstić information content (AvgIpc) is 3.26. The maximum atomic E-state index is 12.6. The van der Waals surface area contributed by atoms with Crippen molar-refractivity contribution in [2.24, 2.45) is 5.10 Å². The van der Waals surface area contributed by atoms with E-state index < -0.39 is 5.91 Å². The van der Waals surface area contributed by atoms with E-state index in [4.69, 9.17) is 10.00 Å². The number of amides is 1. The van der Waals surface area contributed by atoms with Gasteiger partial charge in [0.1, 0.15) is 18.1 Å². The SMILES string of the molecule is N#Cc1cccc(COc2cccc(/C=N/NC(=O)c3cc4c(cn3)[nH]c3ccccc34)c2)c1. The van der Waals surface area contributed by atoms with Crippen LogP contribution in [0.25, 0.3) is 21.8 Å². The molecule has 164 valence electrons.